The SMILES string of the molecule is C=C(c1c[nH]c2cc(C)ccc12)C(N)c1cccnc1. The molecular formula is C17H17N3. The van der Waals surface area contributed by atoms with Gasteiger partial charge >= 0.3 is 0 Å². The molecule has 0 spiro atoms. The number of fused-ring (bicyclic) bond motifs is 1. The molecule has 0 aliphatic rings. The Morgan fingerprint density at radius 3 is 2.95 bits per heavy atom. The third-order valence-electron chi connectivity index (χ3n) is 3.60. The minimum absolute atomic E-state index is 0.246. The average Bonchev–Trinajstić information content (AvgIpc) is 2.89. The van der Waals surface area contributed by atoms with Crippen LogP contribution in [-0.2, 0) is 0 Å². The third-order valence-corrected chi connectivity index (χ3v) is 3.60. The molecule has 1 aromatic carbocycles. The molecule has 2 heterocycles. The molecule has 100 valence electrons. The van der Waals surface area contributed by atoms with Crippen molar-refractivity contribution in [2.24, 2.45) is 5.73 Å². The van der Waals surface area contributed by atoms with Gasteiger partial charge in [-0.25, -0.2) is 0 Å². The zero-order chi connectivity index (χ0) is 14.1. The Hall–Kier alpha value is -2.39. The molecule has 2 aromatic heterocycles. The number of nitrogens with two attached hydrogens (primary N) is 1. The molecule has 1 unspecified atom stereocenters. The predicted molar refractivity (Wildman–Crippen MR) is 83.2 cm³/mol. The summed E-state index contributed by atoms with van der Waals surface area (Å²) in [6, 6.07) is 9.95. The van der Waals surface area contributed by atoms with Gasteiger partial charge in [-0.15, -0.1) is 0 Å². The van der Waals surface area contributed by atoms with E-state index in [1.807, 2.05) is 18.3 Å². The molecule has 0 aliphatic heterocycles. The van der Waals surface area contributed by atoms with Crippen LogP contribution in [0.5, 0.6) is 0 Å². The first-order chi connectivity index (χ1) is 9.66. The largest absolute Gasteiger partial charge is 0.361 e. The van der Waals surface area contributed by atoms with Crippen LogP contribution < -0.4 is 5.73 Å². The van der Waals surface area contributed by atoms with Gasteiger partial charge in [0.1, 0.15) is 0 Å². The Kier molecular flexibility index (Phi) is 3.12. The van der Waals surface area contributed by atoms with Gasteiger partial charge in [0.15, 0.2) is 0 Å². The molecule has 0 bridgehead atoms. The van der Waals surface area contributed by atoms with Crippen molar-refractivity contribution in [3.63, 3.8) is 0 Å². The van der Waals surface area contributed by atoms with E-state index in [0.29, 0.717) is 0 Å². The van der Waals surface area contributed by atoms with Gasteiger partial charge in [0.25, 0.3) is 0 Å². The van der Waals surface area contributed by atoms with Gasteiger partial charge in [-0.3, -0.25) is 4.98 Å². The maximum absolute atomic E-state index is 6.30. The molecule has 20 heavy (non-hydrogen) atoms. The van der Waals surface area contributed by atoms with Gasteiger partial charge in [0.2, 0.25) is 0 Å². The van der Waals surface area contributed by atoms with Gasteiger partial charge < -0.3 is 10.7 Å². The van der Waals surface area contributed by atoms with Crippen LogP contribution in [0.15, 0.2) is 55.5 Å². The van der Waals surface area contributed by atoms with Crippen molar-refractivity contribution < 1.29 is 0 Å². The van der Waals surface area contributed by atoms with Crippen molar-refractivity contribution in [3.05, 3.63) is 72.2 Å². The molecule has 3 rings (SSSR count). The highest BCUT2D eigenvalue weighted by Gasteiger charge is 2.15. The van der Waals surface area contributed by atoms with Crippen LogP contribution in [0.1, 0.15) is 22.7 Å². The van der Waals surface area contributed by atoms with Gasteiger partial charge in [0, 0.05) is 35.1 Å². The molecule has 3 heteroatoms. The van der Waals surface area contributed by atoms with E-state index in [1.165, 1.54) is 5.56 Å². The van der Waals surface area contributed by atoms with Crippen LogP contribution in [0.2, 0.25) is 0 Å². The maximum Gasteiger partial charge on any atom is 0.0567 e. The summed E-state index contributed by atoms with van der Waals surface area (Å²) in [5.41, 5.74) is 11.6. The van der Waals surface area contributed by atoms with Crippen LogP contribution in [0.25, 0.3) is 16.5 Å². The van der Waals surface area contributed by atoms with Gasteiger partial charge in [-0.1, -0.05) is 24.8 Å². The number of aryl methyl sites for hydroxylation is 1. The van der Waals surface area contributed by atoms with Crippen molar-refractivity contribution in [2.75, 3.05) is 0 Å². The molecule has 0 radical (unpaired) electrons. The van der Waals surface area contributed by atoms with E-state index in [-0.39, 0.29) is 6.04 Å². The lowest BCUT2D eigenvalue weighted by Gasteiger charge is -2.14. The van der Waals surface area contributed by atoms with E-state index in [4.69, 9.17) is 5.73 Å². The Morgan fingerprint density at radius 2 is 2.20 bits per heavy atom. The number of nitrogens with zero attached hydrogens (tertiary/aromatic N) is 1. The summed E-state index contributed by atoms with van der Waals surface area (Å²) in [5, 5.41) is 1.15. The number of benzene rings is 1. The maximum atomic E-state index is 6.30. The van der Waals surface area contributed by atoms with Gasteiger partial charge in [-0.2, -0.15) is 0 Å². The Bertz CT molecular complexity index is 756. The Labute approximate surface area is 118 Å². The topological polar surface area (TPSA) is 54.7 Å². The van der Waals surface area contributed by atoms with Crippen LogP contribution in [0, 0.1) is 6.92 Å². The van der Waals surface area contributed by atoms with Crippen molar-refractivity contribution in [1.82, 2.24) is 9.97 Å². The average molecular weight is 263 g/mol. The quantitative estimate of drug-likeness (QED) is 0.758. The summed E-state index contributed by atoms with van der Waals surface area (Å²) >= 11 is 0. The lowest BCUT2D eigenvalue weighted by Crippen LogP contribution is -2.11. The summed E-state index contributed by atoms with van der Waals surface area (Å²) in [5.74, 6) is 0. The molecule has 3 nitrogen and oxygen atoms in total. The second-order valence-electron chi connectivity index (χ2n) is 5.04. The first-order valence-electron chi connectivity index (χ1n) is 6.59. The van der Waals surface area contributed by atoms with Gasteiger partial charge in [0.05, 0.1) is 6.04 Å². The smallest absolute Gasteiger partial charge is 0.0567 e. The van der Waals surface area contributed by atoms with E-state index < -0.39 is 0 Å². The summed E-state index contributed by atoms with van der Waals surface area (Å²) in [4.78, 5) is 7.40. The Morgan fingerprint density at radius 1 is 1.35 bits per heavy atom. The fourth-order valence-electron chi connectivity index (χ4n) is 2.43. The van der Waals surface area contributed by atoms with E-state index >= 15 is 0 Å². The lowest BCUT2D eigenvalue weighted by molar-refractivity contribution is 0.925. The zero-order valence-corrected chi connectivity index (χ0v) is 11.4. The highest BCUT2D eigenvalue weighted by molar-refractivity contribution is 5.93. The number of hydrogen-bond donors (Lipinski definition) is 2. The molecule has 3 aromatic rings. The Balaban J connectivity index is 2.01. The summed E-state index contributed by atoms with van der Waals surface area (Å²) in [6.45, 7) is 6.25. The molecule has 0 saturated carbocycles. The number of aromatic amines is 1. The van der Waals surface area contributed by atoms with Crippen LogP contribution in [0.3, 0.4) is 0 Å². The highest BCUT2D eigenvalue weighted by atomic mass is 14.7. The van der Waals surface area contributed by atoms with E-state index in [9.17, 15) is 0 Å². The van der Waals surface area contributed by atoms with Crippen LogP contribution in [0.4, 0.5) is 0 Å². The number of H-pyrrole nitrogens is 1. The summed E-state index contributed by atoms with van der Waals surface area (Å²) < 4.78 is 0. The number of pyridine rings is 1. The molecular weight excluding hydrogens is 246 g/mol. The monoisotopic (exact) mass is 263 g/mol. The number of rotatable bonds is 3. The van der Waals surface area contributed by atoms with Gasteiger partial charge in [-0.05, 0) is 35.8 Å². The van der Waals surface area contributed by atoms with E-state index in [0.717, 1.165) is 27.6 Å². The van der Waals surface area contributed by atoms with Crippen molar-refractivity contribution >= 4 is 16.5 Å². The number of aromatic nitrogens is 2. The highest BCUT2D eigenvalue weighted by Crippen LogP contribution is 2.31. The third kappa shape index (κ3) is 2.12. The fraction of sp³-hybridized carbons (Fsp3) is 0.118. The molecule has 0 amide bonds. The van der Waals surface area contributed by atoms with E-state index in [1.54, 1.807) is 12.4 Å². The molecule has 0 saturated heterocycles. The number of nitrogens with one attached hydrogen (secondary N) is 1. The van der Waals surface area contributed by atoms with Crippen LogP contribution in [-0.4, -0.2) is 9.97 Å². The van der Waals surface area contributed by atoms with E-state index in [2.05, 4.69) is 41.7 Å². The predicted octanol–water partition coefficient (Wildman–Crippen LogP) is 3.58. The lowest BCUT2D eigenvalue weighted by atomic mass is 9.95. The molecule has 0 fully saturated rings. The summed E-state index contributed by atoms with van der Waals surface area (Å²) in [6.07, 6.45) is 5.50. The van der Waals surface area contributed by atoms with Crippen molar-refractivity contribution in [2.45, 2.75) is 13.0 Å². The second-order valence-corrected chi connectivity index (χ2v) is 5.04. The van der Waals surface area contributed by atoms with Crippen molar-refractivity contribution in [3.8, 4) is 0 Å². The molecule has 0 aliphatic carbocycles. The van der Waals surface area contributed by atoms with Crippen molar-refractivity contribution in [1.29, 1.82) is 0 Å². The molecule has 3 N–H and O–H groups in total. The normalized spacial score (nSPS) is 12.5. The first kappa shape index (κ1) is 12.6. The minimum Gasteiger partial charge on any atom is -0.361 e. The second kappa shape index (κ2) is 4.94. The standard InChI is InChI=1S/C17H17N3/c1-11-5-6-14-15(10-20-16(14)8-11)12(2)17(18)13-4-3-7-19-9-13/h3-10,17,20H,2,18H2,1H3. The first-order valence-corrected chi connectivity index (χ1v) is 6.59. The molecule has 1 atom stereocenters. The zero-order valence-electron chi connectivity index (χ0n) is 11.4. The fourth-order valence-corrected chi connectivity index (χ4v) is 2.43. The summed E-state index contributed by atoms with van der Waals surface area (Å²) in [7, 11) is 0. The van der Waals surface area contributed by atoms with Crippen LogP contribution >= 0.6 is 0 Å². The number of hydrogen-bond acceptors (Lipinski definition) is 2. The minimum atomic E-state index is -0.246.